The molecule has 1 aliphatic heterocycles. The molecule has 0 bridgehead atoms. The van der Waals surface area contributed by atoms with Gasteiger partial charge in [0.05, 0.1) is 16.8 Å². The summed E-state index contributed by atoms with van der Waals surface area (Å²) in [5.74, 6) is -0.00373. The maximum absolute atomic E-state index is 13.1. The molecule has 186 valence electrons. The van der Waals surface area contributed by atoms with Crippen LogP contribution in [0, 0.1) is 6.92 Å². The van der Waals surface area contributed by atoms with Crippen LogP contribution < -0.4 is 5.32 Å². The highest BCUT2D eigenvalue weighted by Crippen LogP contribution is 2.34. The summed E-state index contributed by atoms with van der Waals surface area (Å²) in [6, 6.07) is 16.0. The Morgan fingerprint density at radius 3 is 2.83 bits per heavy atom. The maximum Gasteiger partial charge on any atom is 0.290 e. The number of ether oxygens (including phenoxy) is 2. The third-order valence-electron chi connectivity index (χ3n) is 6.04. The van der Waals surface area contributed by atoms with E-state index in [9.17, 15) is 4.79 Å². The van der Waals surface area contributed by atoms with E-state index in [0.717, 1.165) is 32.8 Å². The number of nitrogens with zero attached hydrogens (tertiary/aromatic N) is 1. The topological polar surface area (TPSA) is 80.7 Å². The number of aromatic nitrogens is 1. The molecule has 0 saturated carbocycles. The van der Waals surface area contributed by atoms with Crippen LogP contribution in [0.5, 0.6) is 0 Å². The van der Waals surface area contributed by atoms with E-state index in [4.69, 9.17) is 19.6 Å². The molecule has 1 aliphatic rings. The molecular formula is C28H28N2O4S2. The molecule has 1 amide bonds. The van der Waals surface area contributed by atoms with Crippen molar-refractivity contribution in [2.75, 3.05) is 18.5 Å². The highest BCUT2D eigenvalue weighted by atomic mass is 32.1. The highest BCUT2D eigenvalue weighted by Gasteiger charge is 2.29. The van der Waals surface area contributed by atoms with Crippen molar-refractivity contribution in [1.82, 2.24) is 4.98 Å². The third-order valence-corrected chi connectivity index (χ3v) is 7.81. The second-order valence-corrected chi connectivity index (χ2v) is 10.6. The summed E-state index contributed by atoms with van der Waals surface area (Å²) in [4.78, 5) is 17.8. The number of benzene rings is 2. The van der Waals surface area contributed by atoms with Crippen molar-refractivity contribution in [1.29, 1.82) is 0 Å². The average molecular weight is 521 g/mol. The molecule has 0 fully saturated rings. The predicted molar refractivity (Wildman–Crippen MR) is 145 cm³/mol. The zero-order chi connectivity index (χ0) is 24.9. The minimum atomic E-state index is -0.510. The van der Waals surface area contributed by atoms with E-state index in [0.29, 0.717) is 25.1 Å². The number of anilines is 1. The summed E-state index contributed by atoms with van der Waals surface area (Å²) in [7, 11) is 0. The average Bonchev–Trinajstić information content (AvgIpc) is 3.57. The Labute approximate surface area is 218 Å². The number of fused-ring (bicyclic) bond motifs is 1. The van der Waals surface area contributed by atoms with Crippen LogP contribution >= 0.6 is 22.7 Å². The zero-order valence-corrected chi connectivity index (χ0v) is 21.6. The molecule has 0 unspecified atom stereocenters. The Balaban J connectivity index is 1.28. The number of hydrogen-bond donors (Lipinski definition) is 2. The van der Waals surface area contributed by atoms with Crippen LogP contribution in [-0.2, 0) is 14.3 Å². The van der Waals surface area contributed by atoms with Gasteiger partial charge in [0.15, 0.2) is 5.76 Å². The molecule has 3 heterocycles. The normalized spacial score (nSPS) is 17.6. The second-order valence-electron chi connectivity index (χ2n) is 8.80. The van der Waals surface area contributed by atoms with Gasteiger partial charge < -0.3 is 19.9 Å². The van der Waals surface area contributed by atoms with E-state index in [1.165, 1.54) is 5.56 Å². The molecule has 8 heteroatoms. The number of aliphatic hydroxyl groups excluding tert-OH is 1. The molecule has 0 saturated heterocycles. The first-order chi connectivity index (χ1) is 17.6. The molecule has 4 aromatic rings. The van der Waals surface area contributed by atoms with Crippen LogP contribution in [-0.4, -0.2) is 35.5 Å². The SMILES string of the molecule is Cc1ccc2nc(-c3ccc(NC(=O)C4=C[C@H](c5ccsc5)C[C@H](OCCCCO)O4)cc3)sc2c1. The number of thiophene rings is 1. The van der Waals surface area contributed by atoms with Gasteiger partial charge in [-0.1, -0.05) is 6.07 Å². The quantitative estimate of drug-likeness (QED) is 0.247. The van der Waals surface area contributed by atoms with Crippen LogP contribution in [0.4, 0.5) is 5.69 Å². The van der Waals surface area contributed by atoms with Crippen molar-refractivity contribution in [3.63, 3.8) is 0 Å². The van der Waals surface area contributed by atoms with Crippen molar-refractivity contribution >= 4 is 44.5 Å². The lowest BCUT2D eigenvalue weighted by Gasteiger charge is -2.29. The number of rotatable bonds is 9. The van der Waals surface area contributed by atoms with Crippen LogP contribution in [0.2, 0.25) is 0 Å². The fourth-order valence-electron chi connectivity index (χ4n) is 4.11. The summed E-state index contributed by atoms with van der Waals surface area (Å²) in [6.07, 6.45) is 3.43. The van der Waals surface area contributed by atoms with Crippen LogP contribution in [0.25, 0.3) is 20.8 Å². The van der Waals surface area contributed by atoms with Crippen molar-refractivity contribution in [3.8, 4) is 10.6 Å². The van der Waals surface area contributed by atoms with E-state index < -0.39 is 6.29 Å². The first kappa shape index (κ1) is 24.6. The number of aliphatic hydroxyl groups is 1. The van der Waals surface area contributed by atoms with Crippen molar-refractivity contribution in [3.05, 3.63) is 82.3 Å². The molecule has 5 rings (SSSR count). The number of allylic oxidation sites excluding steroid dienone is 1. The van der Waals surface area contributed by atoms with Gasteiger partial charge in [-0.15, -0.1) is 11.3 Å². The zero-order valence-electron chi connectivity index (χ0n) is 20.0. The fraction of sp³-hybridized carbons (Fsp3) is 0.286. The number of hydrogen-bond acceptors (Lipinski definition) is 7. The molecule has 0 spiro atoms. The minimum Gasteiger partial charge on any atom is -0.459 e. The molecule has 2 N–H and O–H groups in total. The second kappa shape index (κ2) is 11.3. The number of thiazole rings is 1. The Morgan fingerprint density at radius 1 is 1.19 bits per heavy atom. The van der Waals surface area contributed by atoms with Gasteiger partial charge in [-0.05, 0) is 90.2 Å². The third kappa shape index (κ3) is 5.84. The summed E-state index contributed by atoms with van der Waals surface area (Å²) in [5, 5.41) is 17.0. The Bertz CT molecular complexity index is 1350. The fourth-order valence-corrected chi connectivity index (χ4v) is 5.90. The lowest BCUT2D eigenvalue weighted by molar-refractivity contribution is -0.143. The Morgan fingerprint density at radius 2 is 2.06 bits per heavy atom. The number of carbonyl (C=O) groups is 1. The summed E-state index contributed by atoms with van der Waals surface area (Å²) >= 11 is 3.29. The predicted octanol–water partition coefficient (Wildman–Crippen LogP) is 6.47. The lowest BCUT2D eigenvalue weighted by Crippen LogP contribution is -2.29. The number of nitrogens with one attached hydrogen (secondary N) is 1. The van der Waals surface area contributed by atoms with E-state index >= 15 is 0 Å². The van der Waals surface area contributed by atoms with Gasteiger partial charge in [0, 0.05) is 30.2 Å². The minimum absolute atomic E-state index is 0.0404. The van der Waals surface area contributed by atoms with Crippen LogP contribution in [0.3, 0.4) is 0 Å². The molecule has 2 aromatic carbocycles. The van der Waals surface area contributed by atoms with Crippen LogP contribution in [0.1, 0.15) is 36.3 Å². The summed E-state index contributed by atoms with van der Waals surface area (Å²) in [6.45, 7) is 2.69. The van der Waals surface area contributed by atoms with Gasteiger partial charge in [0.1, 0.15) is 5.01 Å². The monoisotopic (exact) mass is 520 g/mol. The van der Waals surface area contributed by atoms with Crippen LogP contribution in [0.15, 0.2) is 71.1 Å². The molecule has 2 aromatic heterocycles. The van der Waals surface area contributed by atoms with E-state index in [1.807, 2.05) is 41.8 Å². The van der Waals surface area contributed by atoms with Gasteiger partial charge in [0.25, 0.3) is 5.91 Å². The Hall–Kier alpha value is -3.04. The maximum atomic E-state index is 13.1. The largest absolute Gasteiger partial charge is 0.459 e. The van der Waals surface area contributed by atoms with E-state index in [1.54, 1.807) is 22.7 Å². The first-order valence-corrected chi connectivity index (χ1v) is 13.8. The number of unbranched alkanes of at least 4 members (excludes halogenated alkanes) is 1. The highest BCUT2D eigenvalue weighted by molar-refractivity contribution is 7.21. The van der Waals surface area contributed by atoms with Gasteiger partial charge in [-0.25, -0.2) is 4.98 Å². The molecular weight excluding hydrogens is 492 g/mol. The standard InChI is InChI=1S/C28H28N2O4S2/c1-18-4-9-23-25(14-18)36-28(30-23)19-5-7-22(8-6-19)29-27(32)24-15-21(20-10-13-35-17-20)16-26(34-24)33-12-3-2-11-31/h4-10,13-15,17,21,26,31H,2-3,11-12,16H2,1H3,(H,29,32)/t21-,26+/m0/s1. The molecule has 0 aliphatic carbocycles. The summed E-state index contributed by atoms with van der Waals surface area (Å²) < 4.78 is 13.0. The molecule has 0 radical (unpaired) electrons. The van der Waals surface area contributed by atoms with E-state index in [2.05, 4.69) is 35.8 Å². The van der Waals surface area contributed by atoms with Crippen molar-refractivity contribution < 1.29 is 19.4 Å². The van der Waals surface area contributed by atoms with E-state index in [-0.39, 0.29) is 24.2 Å². The Kier molecular flexibility index (Phi) is 7.77. The van der Waals surface area contributed by atoms with Crippen molar-refractivity contribution in [2.24, 2.45) is 0 Å². The summed E-state index contributed by atoms with van der Waals surface area (Å²) in [5.41, 5.74) is 5.05. The van der Waals surface area contributed by atoms with Crippen molar-refractivity contribution in [2.45, 2.75) is 38.4 Å². The number of carbonyl (C=O) groups excluding carboxylic acids is 1. The molecule has 2 atom stereocenters. The number of amides is 1. The lowest BCUT2D eigenvalue weighted by atomic mass is 9.95. The molecule has 36 heavy (non-hydrogen) atoms. The number of aryl methyl sites for hydroxylation is 1. The van der Waals surface area contributed by atoms with Gasteiger partial charge in [-0.3, -0.25) is 4.79 Å². The van der Waals surface area contributed by atoms with Gasteiger partial charge in [-0.2, -0.15) is 11.3 Å². The van der Waals surface area contributed by atoms with Gasteiger partial charge >= 0.3 is 0 Å². The molecule has 6 nitrogen and oxygen atoms in total. The van der Waals surface area contributed by atoms with Gasteiger partial charge in [0.2, 0.25) is 6.29 Å². The first-order valence-electron chi connectivity index (χ1n) is 12.0. The smallest absolute Gasteiger partial charge is 0.290 e.